The monoisotopic (exact) mass is 455 g/mol. The smallest absolute Gasteiger partial charge is 0.193 e. The van der Waals surface area contributed by atoms with E-state index in [0.29, 0.717) is 18.5 Å². The summed E-state index contributed by atoms with van der Waals surface area (Å²) in [4.78, 5) is 4.54. The third-order valence-corrected chi connectivity index (χ3v) is 4.36. The molecule has 0 unspecified atom stereocenters. The van der Waals surface area contributed by atoms with Crippen LogP contribution in [-0.4, -0.2) is 19.1 Å². The molecule has 3 rings (SSSR count). The summed E-state index contributed by atoms with van der Waals surface area (Å²) in [6.45, 7) is 0.520. The third-order valence-electron chi connectivity index (χ3n) is 4.36. The fourth-order valence-corrected chi connectivity index (χ4v) is 2.99. The van der Waals surface area contributed by atoms with Crippen molar-refractivity contribution in [2.45, 2.75) is 31.4 Å². The molecule has 0 atom stereocenters. The Morgan fingerprint density at radius 3 is 2.56 bits per heavy atom. The minimum atomic E-state index is -0.198. The normalized spacial score (nSPS) is 19.7. The lowest BCUT2D eigenvalue weighted by Crippen LogP contribution is -2.31. The number of nitrogens with one attached hydrogen (secondary N) is 1. The van der Waals surface area contributed by atoms with Gasteiger partial charge in [0.1, 0.15) is 5.82 Å². The van der Waals surface area contributed by atoms with Crippen molar-refractivity contribution < 1.29 is 9.13 Å². The van der Waals surface area contributed by atoms with Crippen LogP contribution in [0.2, 0.25) is 0 Å². The number of halogens is 2. The quantitative estimate of drug-likeness (QED) is 0.403. The number of hydrogen-bond donors (Lipinski definition) is 2. The van der Waals surface area contributed by atoms with Crippen molar-refractivity contribution >= 4 is 35.6 Å². The van der Waals surface area contributed by atoms with Crippen molar-refractivity contribution in [1.82, 2.24) is 0 Å². The fourth-order valence-electron chi connectivity index (χ4n) is 2.99. The molecule has 134 valence electrons. The van der Waals surface area contributed by atoms with Gasteiger partial charge in [0.25, 0.3) is 0 Å². The van der Waals surface area contributed by atoms with Gasteiger partial charge in [0.05, 0.1) is 12.6 Å². The summed E-state index contributed by atoms with van der Waals surface area (Å²) in [5.74, 6) is 0.657. The maximum Gasteiger partial charge on any atom is 0.193 e. The summed E-state index contributed by atoms with van der Waals surface area (Å²) < 4.78 is 18.1. The Morgan fingerprint density at radius 2 is 1.88 bits per heavy atom. The van der Waals surface area contributed by atoms with Gasteiger partial charge in [-0.05, 0) is 42.5 Å². The molecule has 0 bridgehead atoms. The molecule has 0 aliphatic heterocycles. The molecular formula is C19H23FIN3O. The van der Waals surface area contributed by atoms with Crippen LogP contribution in [0.15, 0.2) is 53.5 Å². The summed E-state index contributed by atoms with van der Waals surface area (Å²) in [6.07, 6.45) is 1.88. The van der Waals surface area contributed by atoms with Crippen LogP contribution in [-0.2, 0) is 11.3 Å². The topological polar surface area (TPSA) is 59.6 Å². The molecular weight excluding hydrogens is 432 g/mol. The second-order valence-corrected chi connectivity index (χ2v) is 6.10. The number of anilines is 1. The molecule has 0 spiro atoms. The molecule has 1 fully saturated rings. The van der Waals surface area contributed by atoms with Crippen molar-refractivity contribution in [3.8, 4) is 0 Å². The minimum absolute atomic E-state index is 0. The van der Waals surface area contributed by atoms with Gasteiger partial charge in [0, 0.05) is 18.4 Å². The van der Waals surface area contributed by atoms with Gasteiger partial charge in [-0.1, -0.05) is 30.3 Å². The minimum Gasteiger partial charge on any atom is -0.380 e. The summed E-state index contributed by atoms with van der Waals surface area (Å²) >= 11 is 0. The zero-order valence-electron chi connectivity index (χ0n) is 14.1. The molecule has 25 heavy (non-hydrogen) atoms. The molecule has 1 aliphatic carbocycles. The first-order valence-electron chi connectivity index (χ1n) is 8.08. The van der Waals surface area contributed by atoms with E-state index in [4.69, 9.17) is 10.5 Å². The molecule has 0 amide bonds. The number of aliphatic imine (C=N–C) groups is 1. The van der Waals surface area contributed by atoms with Crippen LogP contribution in [0.1, 0.15) is 29.9 Å². The van der Waals surface area contributed by atoms with Gasteiger partial charge in [-0.2, -0.15) is 0 Å². The Morgan fingerprint density at radius 1 is 1.20 bits per heavy atom. The van der Waals surface area contributed by atoms with Gasteiger partial charge in [-0.3, -0.25) is 0 Å². The van der Waals surface area contributed by atoms with E-state index >= 15 is 0 Å². The molecule has 6 heteroatoms. The van der Waals surface area contributed by atoms with E-state index in [-0.39, 0.29) is 35.8 Å². The number of ether oxygens (including phenoxy) is 1. The summed E-state index contributed by atoms with van der Waals surface area (Å²) in [6, 6.07) is 14.8. The number of nitrogens with zero attached hydrogens (tertiary/aromatic N) is 1. The van der Waals surface area contributed by atoms with Crippen molar-refractivity contribution in [2.24, 2.45) is 10.7 Å². The van der Waals surface area contributed by atoms with E-state index in [2.05, 4.69) is 10.3 Å². The van der Waals surface area contributed by atoms with Crippen molar-refractivity contribution in [3.63, 3.8) is 0 Å². The number of rotatable bonds is 5. The Labute approximate surface area is 164 Å². The maximum atomic E-state index is 13.0. The third kappa shape index (κ3) is 5.15. The summed E-state index contributed by atoms with van der Waals surface area (Å²) in [7, 11) is 1.66. The predicted octanol–water partition coefficient (Wildman–Crippen LogP) is 4.26. The van der Waals surface area contributed by atoms with Gasteiger partial charge in [0.2, 0.25) is 0 Å². The molecule has 2 aromatic rings. The van der Waals surface area contributed by atoms with Crippen LogP contribution in [0.4, 0.5) is 10.1 Å². The Kier molecular flexibility index (Phi) is 7.19. The molecule has 1 aliphatic rings. The van der Waals surface area contributed by atoms with Crippen molar-refractivity contribution in [2.75, 3.05) is 12.4 Å². The van der Waals surface area contributed by atoms with Crippen LogP contribution in [0.25, 0.3) is 0 Å². The highest BCUT2D eigenvalue weighted by Gasteiger charge is 2.30. The largest absolute Gasteiger partial charge is 0.380 e. The highest BCUT2D eigenvalue weighted by atomic mass is 127. The van der Waals surface area contributed by atoms with Gasteiger partial charge in [0.15, 0.2) is 5.96 Å². The molecule has 0 radical (unpaired) electrons. The Bertz CT molecular complexity index is 715. The fraction of sp³-hybridized carbons (Fsp3) is 0.316. The SMILES string of the molecule is COCc1ccccc1NC(N)=NC1CC(c2ccc(F)cc2)C1.I. The maximum absolute atomic E-state index is 13.0. The first-order chi connectivity index (χ1) is 11.7. The summed E-state index contributed by atoms with van der Waals surface area (Å²) in [5, 5.41) is 3.15. The van der Waals surface area contributed by atoms with Crippen molar-refractivity contribution in [3.05, 3.63) is 65.5 Å². The number of hydrogen-bond acceptors (Lipinski definition) is 2. The van der Waals surface area contributed by atoms with Gasteiger partial charge in [-0.15, -0.1) is 24.0 Å². The highest BCUT2D eigenvalue weighted by molar-refractivity contribution is 14.0. The van der Waals surface area contributed by atoms with Crippen molar-refractivity contribution in [1.29, 1.82) is 0 Å². The number of methoxy groups -OCH3 is 1. The molecule has 0 saturated heterocycles. The number of benzene rings is 2. The average molecular weight is 455 g/mol. The predicted molar refractivity (Wildman–Crippen MR) is 110 cm³/mol. The van der Waals surface area contributed by atoms with Gasteiger partial charge >= 0.3 is 0 Å². The Hall–Kier alpha value is -1.67. The van der Waals surface area contributed by atoms with E-state index in [1.807, 2.05) is 36.4 Å². The molecule has 2 aromatic carbocycles. The van der Waals surface area contributed by atoms with E-state index in [9.17, 15) is 4.39 Å². The highest BCUT2D eigenvalue weighted by Crippen LogP contribution is 2.38. The Balaban J connectivity index is 0.00000225. The first kappa shape index (κ1) is 19.7. The summed E-state index contributed by atoms with van der Waals surface area (Å²) in [5.41, 5.74) is 9.15. The molecule has 1 saturated carbocycles. The van der Waals surface area contributed by atoms with E-state index in [1.165, 1.54) is 17.7 Å². The molecule has 4 nitrogen and oxygen atoms in total. The van der Waals surface area contributed by atoms with E-state index < -0.39 is 0 Å². The average Bonchev–Trinajstić information content (AvgIpc) is 2.54. The lowest BCUT2D eigenvalue weighted by atomic mass is 9.76. The lowest BCUT2D eigenvalue weighted by molar-refractivity contribution is 0.185. The zero-order chi connectivity index (χ0) is 16.9. The number of nitrogens with two attached hydrogens (primary N) is 1. The number of para-hydroxylation sites is 1. The van der Waals surface area contributed by atoms with E-state index in [1.54, 1.807) is 7.11 Å². The number of guanidine groups is 1. The van der Waals surface area contributed by atoms with Crippen LogP contribution in [0.3, 0.4) is 0 Å². The van der Waals surface area contributed by atoms with Crippen LogP contribution >= 0.6 is 24.0 Å². The molecule has 0 aromatic heterocycles. The van der Waals surface area contributed by atoms with Crippen LogP contribution in [0.5, 0.6) is 0 Å². The van der Waals surface area contributed by atoms with Crippen LogP contribution < -0.4 is 11.1 Å². The molecule has 3 N–H and O–H groups in total. The zero-order valence-corrected chi connectivity index (χ0v) is 16.4. The van der Waals surface area contributed by atoms with Gasteiger partial charge < -0.3 is 15.8 Å². The first-order valence-corrected chi connectivity index (χ1v) is 8.08. The second kappa shape index (κ2) is 9.15. The standard InChI is InChI=1S/C19H22FN3O.HI/c1-24-12-14-4-2-3-5-18(14)23-19(21)22-17-10-15(11-17)13-6-8-16(20)9-7-13;/h2-9,15,17H,10-12H2,1H3,(H3,21,22,23);1H. The lowest BCUT2D eigenvalue weighted by Gasteiger charge is -2.33. The van der Waals surface area contributed by atoms with Gasteiger partial charge in [-0.25, -0.2) is 9.38 Å². The van der Waals surface area contributed by atoms with E-state index in [0.717, 1.165) is 24.1 Å². The van der Waals surface area contributed by atoms with Crippen LogP contribution in [0, 0.1) is 5.82 Å². The molecule has 0 heterocycles. The second-order valence-electron chi connectivity index (χ2n) is 6.10.